The molecule has 0 radical (unpaired) electrons. The van der Waals surface area contributed by atoms with Gasteiger partial charge in [-0.1, -0.05) is 26.0 Å². The lowest BCUT2D eigenvalue weighted by Crippen LogP contribution is -2.54. The number of aryl methyl sites for hydroxylation is 2. The molecular weight excluding hydrogens is 428 g/mol. The molecule has 5 N–H and O–H groups in total. The van der Waals surface area contributed by atoms with Crippen LogP contribution in [0.4, 0.5) is 0 Å². The minimum Gasteiger partial charge on any atom is -0.384 e. The monoisotopic (exact) mass is 466 g/mol. The normalized spacial score (nSPS) is 21.7. The van der Waals surface area contributed by atoms with Gasteiger partial charge in [-0.05, 0) is 62.5 Å². The fraction of sp³-hybridized carbons (Fsp3) is 0.577. The van der Waals surface area contributed by atoms with Gasteiger partial charge >= 0.3 is 0 Å². The van der Waals surface area contributed by atoms with E-state index < -0.39 is 12.1 Å². The van der Waals surface area contributed by atoms with Crippen LogP contribution in [0.15, 0.2) is 24.3 Å². The number of nitrogen functional groups attached to an aromatic ring is 1. The first-order valence-electron chi connectivity index (χ1n) is 12.6. The molecule has 1 aromatic carbocycles. The summed E-state index contributed by atoms with van der Waals surface area (Å²) < 4.78 is 2.28. The Morgan fingerprint density at radius 2 is 1.97 bits per heavy atom. The number of amides is 2. The number of fused-ring (bicyclic) bond motifs is 1. The van der Waals surface area contributed by atoms with E-state index in [9.17, 15) is 9.59 Å². The van der Waals surface area contributed by atoms with Crippen molar-refractivity contribution in [3.8, 4) is 0 Å². The lowest BCUT2D eigenvalue weighted by Gasteiger charge is -2.35. The number of nitrogens with zero attached hydrogens (tertiary/aromatic N) is 3. The minimum atomic E-state index is -0.483. The van der Waals surface area contributed by atoms with Gasteiger partial charge in [0.05, 0.1) is 6.04 Å². The highest BCUT2D eigenvalue weighted by atomic mass is 16.2. The van der Waals surface area contributed by atoms with Gasteiger partial charge in [0, 0.05) is 42.5 Å². The summed E-state index contributed by atoms with van der Waals surface area (Å²) in [6.07, 6.45) is 4.36. The second-order valence-electron chi connectivity index (χ2n) is 10.0. The summed E-state index contributed by atoms with van der Waals surface area (Å²) in [7, 11) is 0. The first-order valence-corrected chi connectivity index (χ1v) is 12.6. The lowest BCUT2D eigenvalue weighted by atomic mass is 9.99. The van der Waals surface area contributed by atoms with Crippen LogP contribution < -0.4 is 11.5 Å². The van der Waals surface area contributed by atoms with Crippen molar-refractivity contribution in [2.45, 2.75) is 77.5 Å². The Morgan fingerprint density at radius 3 is 2.59 bits per heavy atom. The number of likely N-dealkylation sites (tertiary alicyclic amines) is 2. The predicted molar refractivity (Wildman–Crippen MR) is 135 cm³/mol. The first kappa shape index (κ1) is 24.3. The van der Waals surface area contributed by atoms with E-state index in [1.807, 2.05) is 36.9 Å². The Hall–Kier alpha value is -2.87. The molecule has 8 nitrogen and oxygen atoms in total. The first-order chi connectivity index (χ1) is 16.2. The highest BCUT2D eigenvalue weighted by Gasteiger charge is 2.42. The molecule has 0 aliphatic carbocycles. The highest BCUT2D eigenvalue weighted by Crippen LogP contribution is 2.29. The van der Waals surface area contributed by atoms with Crippen LogP contribution in [0.3, 0.4) is 0 Å². The minimum absolute atomic E-state index is 0.0427. The maximum Gasteiger partial charge on any atom is 0.245 e. The van der Waals surface area contributed by atoms with Crippen molar-refractivity contribution in [3.05, 3.63) is 35.5 Å². The number of carbonyl (C=O) groups excluding carboxylic acids is 2. The van der Waals surface area contributed by atoms with Gasteiger partial charge in [0.2, 0.25) is 11.8 Å². The molecule has 34 heavy (non-hydrogen) atoms. The largest absolute Gasteiger partial charge is 0.384 e. The van der Waals surface area contributed by atoms with Crippen molar-refractivity contribution < 1.29 is 9.59 Å². The third-order valence-corrected chi connectivity index (χ3v) is 7.51. The van der Waals surface area contributed by atoms with E-state index in [0.717, 1.165) is 55.2 Å². The number of carbonyl (C=O) groups is 2. The summed E-state index contributed by atoms with van der Waals surface area (Å²) in [4.78, 5) is 30.0. The van der Waals surface area contributed by atoms with Crippen LogP contribution in [-0.4, -0.2) is 63.2 Å². The number of hydrogen-bond acceptors (Lipinski definition) is 4. The van der Waals surface area contributed by atoms with Crippen LogP contribution in [0.2, 0.25) is 0 Å². The number of nitrogens with one attached hydrogen (secondary N) is 1. The Bertz CT molecular complexity index is 1090. The van der Waals surface area contributed by atoms with Gasteiger partial charge in [-0.25, -0.2) is 0 Å². The van der Waals surface area contributed by atoms with Gasteiger partial charge in [0.15, 0.2) is 0 Å². The molecule has 2 fully saturated rings. The average Bonchev–Trinajstić information content (AvgIpc) is 3.49. The molecule has 0 spiro atoms. The zero-order valence-corrected chi connectivity index (χ0v) is 20.6. The summed E-state index contributed by atoms with van der Waals surface area (Å²) in [5, 5.41) is 8.89. The molecular formula is C26H38N6O2. The van der Waals surface area contributed by atoms with E-state index in [4.69, 9.17) is 16.9 Å². The van der Waals surface area contributed by atoms with E-state index in [1.54, 1.807) is 4.90 Å². The fourth-order valence-corrected chi connectivity index (χ4v) is 5.75. The predicted octanol–water partition coefficient (Wildman–Crippen LogP) is 2.45. The third-order valence-electron chi connectivity index (χ3n) is 7.51. The quantitative estimate of drug-likeness (QED) is 0.409. The Balaban J connectivity index is 1.51. The summed E-state index contributed by atoms with van der Waals surface area (Å²) in [5.41, 5.74) is 14.7. The topological polar surface area (TPSA) is 121 Å². The maximum atomic E-state index is 13.7. The summed E-state index contributed by atoms with van der Waals surface area (Å²) in [5.74, 6) is 0.0907. The zero-order valence-electron chi connectivity index (χ0n) is 20.6. The Morgan fingerprint density at radius 1 is 1.21 bits per heavy atom. The number of nitrogens with two attached hydrogens (primary N) is 2. The van der Waals surface area contributed by atoms with Gasteiger partial charge in [-0.3, -0.25) is 15.0 Å². The van der Waals surface area contributed by atoms with Crippen molar-refractivity contribution in [1.29, 1.82) is 5.41 Å². The van der Waals surface area contributed by atoms with E-state index in [0.29, 0.717) is 13.0 Å². The molecule has 0 bridgehead atoms. The van der Waals surface area contributed by atoms with Gasteiger partial charge in [-0.2, -0.15) is 0 Å². The van der Waals surface area contributed by atoms with Crippen LogP contribution in [-0.2, 0) is 22.6 Å². The van der Waals surface area contributed by atoms with Crippen LogP contribution in [0.25, 0.3) is 10.9 Å². The molecule has 2 saturated heterocycles. The van der Waals surface area contributed by atoms with Gasteiger partial charge in [-0.15, -0.1) is 0 Å². The second-order valence-corrected chi connectivity index (χ2v) is 10.0. The molecule has 3 heterocycles. The van der Waals surface area contributed by atoms with Crippen molar-refractivity contribution in [2.75, 3.05) is 13.1 Å². The van der Waals surface area contributed by atoms with E-state index >= 15 is 0 Å². The molecule has 2 aliphatic heterocycles. The van der Waals surface area contributed by atoms with E-state index in [2.05, 4.69) is 17.6 Å². The number of amidine groups is 1. The third kappa shape index (κ3) is 4.43. The molecule has 1 aromatic heterocycles. The molecule has 0 unspecified atom stereocenters. The Labute approximate surface area is 201 Å². The molecule has 4 rings (SSSR count). The van der Waals surface area contributed by atoms with Crippen molar-refractivity contribution in [3.63, 3.8) is 0 Å². The number of aromatic nitrogens is 1. The van der Waals surface area contributed by atoms with Crippen LogP contribution >= 0.6 is 0 Å². The maximum absolute atomic E-state index is 13.7. The zero-order chi connectivity index (χ0) is 24.6. The van der Waals surface area contributed by atoms with Crippen molar-refractivity contribution in [2.24, 2.45) is 17.4 Å². The number of rotatable bonds is 8. The smallest absolute Gasteiger partial charge is 0.245 e. The Kier molecular flexibility index (Phi) is 6.98. The molecule has 2 aliphatic rings. The fourth-order valence-electron chi connectivity index (χ4n) is 5.75. The van der Waals surface area contributed by atoms with Gasteiger partial charge < -0.3 is 25.8 Å². The number of hydrogen-bond donors (Lipinski definition) is 3. The van der Waals surface area contributed by atoms with Crippen LogP contribution in [0.5, 0.6) is 0 Å². The summed E-state index contributed by atoms with van der Waals surface area (Å²) in [6.45, 7) is 8.30. The van der Waals surface area contributed by atoms with Crippen molar-refractivity contribution >= 4 is 28.6 Å². The second kappa shape index (κ2) is 9.78. The average molecular weight is 467 g/mol. The van der Waals surface area contributed by atoms with E-state index in [1.165, 1.54) is 5.69 Å². The standard InChI is InChI=1S/C26H38N6O2/c1-4-30-20(14-17-7-8-18(24(28)29)15-22(17)30)10-9-19-6-5-12-31(19)26(34)23(16(2)3)32-13-11-21(27)25(32)33/h7-8,14-16,19,21,23H,4-6,9-13,27H2,1-3H3,(H3,28,29)/t19-,21-,23-/m0/s1. The lowest BCUT2D eigenvalue weighted by molar-refractivity contribution is -0.146. The number of benzene rings is 1. The summed E-state index contributed by atoms with van der Waals surface area (Å²) in [6, 6.07) is 7.38. The molecule has 2 amide bonds. The van der Waals surface area contributed by atoms with Crippen LogP contribution in [0, 0.1) is 11.3 Å². The van der Waals surface area contributed by atoms with Crippen molar-refractivity contribution in [1.82, 2.24) is 14.4 Å². The highest BCUT2D eigenvalue weighted by molar-refractivity contribution is 5.98. The van der Waals surface area contributed by atoms with Gasteiger partial charge in [0.1, 0.15) is 11.9 Å². The SMILES string of the molecule is CCn1c(CC[C@@H]2CCCN2C(=O)[C@H](C(C)C)N2CC[C@H](N)C2=O)cc2ccc(C(=N)N)cc21. The van der Waals surface area contributed by atoms with Crippen LogP contribution in [0.1, 0.15) is 57.7 Å². The summed E-state index contributed by atoms with van der Waals surface area (Å²) >= 11 is 0. The molecule has 8 heteroatoms. The molecule has 3 atom stereocenters. The molecule has 184 valence electrons. The molecule has 2 aromatic rings. The van der Waals surface area contributed by atoms with Gasteiger partial charge in [0.25, 0.3) is 0 Å². The van der Waals surface area contributed by atoms with E-state index in [-0.39, 0.29) is 29.6 Å². The molecule has 0 saturated carbocycles.